The van der Waals surface area contributed by atoms with E-state index in [9.17, 15) is 4.79 Å². The summed E-state index contributed by atoms with van der Waals surface area (Å²) < 4.78 is 11.4. The molecule has 1 amide bonds. The standard InChI is InChI=1S/C16H23ClN2O3/c1-16(2,22-13-6-4-5-12(17)9-13)15(20)18-10-14-11-19(3)7-8-21-14/h4-6,9,14H,7-8,10-11H2,1-3H3,(H,18,20). The van der Waals surface area contributed by atoms with Crippen molar-refractivity contribution in [3.63, 3.8) is 0 Å². The summed E-state index contributed by atoms with van der Waals surface area (Å²) in [6.45, 7) is 6.38. The molecule has 0 aromatic heterocycles. The Bertz CT molecular complexity index is 522. The van der Waals surface area contributed by atoms with Gasteiger partial charge in [0, 0.05) is 24.7 Å². The highest BCUT2D eigenvalue weighted by Gasteiger charge is 2.31. The van der Waals surface area contributed by atoms with Crippen LogP contribution in [0.5, 0.6) is 5.75 Å². The molecule has 0 radical (unpaired) electrons. The molecule has 1 aromatic carbocycles. The van der Waals surface area contributed by atoms with Crippen LogP contribution in [0.4, 0.5) is 0 Å². The predicted molar refractivity (Wildman–Crippen MR) is 86.4 cm³/mol. The van der Waals surface area contributed by atoms with Crippen LogP contribution >= 0.6 is 11.6 Å². The average Bonchev–Trinajstić information content (AvgIpc) is 2.44. The Kier molecular flexibility index (Phi) is 5.67. The first-order valence-corrected chi connectivity index (χ1v) is 7.77. The van der Waals surface area contributed by atoms with Crippen LogP contribution in [0, 0.1) is 0 Å². The number of carbonyl (C=O) groups excluding carboxylic acids is 1. The maximum Gasteiger partial charge on any atom is 0.263 e. The molecule has 1 aromatic rings. The van der Waals surface area contributed by atoms with Crippen molar-refractivity contribution >= 4 is 17.5 Å². The van der Waals surface area contributed by atoms with Gasteiger partial charge in [0.2, 0.25) is 0 Å². The molecule has 0 aliphatic carbocycles. The van der Waals surface area contributed by atoms with Crippen molar-refractivity contribution in [2.45, 2.75) is 25.6 Å². The zero-order valence-electron chi connectivity index (χ0n) is 13.3. The van der Waals surface area contributed by atoms with E-state index in [0.717, 1.165) is 13.1 Å². The summed E-state index contributed by atoms with van der Waals surface area (Å²) in [6.07, 6.45) is 0.0182. The lowest BCUT2D eigenvalue weighted by atomic mass is 10.1. The molecule has 22 heavy (non-hydrogen) atoms. The minimum absolute atomic E-state index is 0.0182. The van der Waals surface area contributed by atoms with Crippen molar-refractivity contribution in [3.05, 3.63) is 29.3 Å². The molecule has 0 bridgehead atoms. The average molecular weight is 327 g/mol. The van der Waals surface area contributed by atoms with Crippen molar-refractivity contribution in [2.75, 3.05) is 33.3 Å². The molecule has 1 heterocycles. The van der Waals surface area contributed by atoms with E-state index in [0.29, 0.717) is 23.9 Å². The molecule has 1 aliphatic rings. The normalized spacial score (nSPS) is 19.7. The molecule has 1 saturated heterocycles. The maximum absolute atomic E-state index is 12.3. The Morgan fingerprint density at radius 2 is 2.32 bits per heavy atom. The summed E-state index contributed by atoms with van der Waals surface area (Å²) in [6, 6.07) is 7.02. The maximum atomic E-state index is 12.3. The van der Waals surface area contributed by atoms with E-state index in [-0.39, 0.29) is 12.0 Å². The second kappa shape index (κ2) is 7.31. The van der Waals surface area contributed by atoms with Crippen LogP contribution in [0.3, 0.4) is 0 Å². The molecule has 2 rings (SSSR count). The number of halogens is 1. The van der Waals surface area contributed by atoms with Gasteiger partial charge < -0.3 is 19.7 Å². The van der Waals surface area contributed by atoms with Crippen molar-refractivity contribution in [1.29, 1.82) is 0 Å². The van der Waals surface area contributed by atoms with Crippen molar-refractivity contribution in [2.24, 2.45) is 0 Å². The van der Waals surface area contributed by atoms with Crippen molar-refractivity contribution < 1.29 is 14.3 Å². The van der Waals surface area contributed by atoms with E-state index in [4.69, 9.17) is 21.1 Å². The van der Waals surface area contributed by atoms with Crippen LogP contribution in [0.15, 0.2) is 24.3 Å². The van der Waals surface area contributed by atoms with Gasteiger partial charge in [-0.1, -0.05) is 17.7 Å². The minimum Gasteiger partial charge on any atom is -0.478 e. The zero-order chi connectivity index (χ0) is 16.2. The van der Waals surface area contributed by atoms with Gasteiger partial charge in [-0.05, 0) is 39.1 Å². The van der Waals surface area contributed by atoms with Crippen LogP contribution in [0.2, 0.25) is 5.02 Å². The van der Waals surface area contributed by atoms with Gasteiger partial charge in [0.25, 0.3) is 5.91 Å². The molecule has 1 aliphatic heterocycles. The molecular weight excluding hydrogens is 304 g/mol. The fraction of sp³-hybridized carbons (Fsp3) is 0.562. The number of hydrogen-bond donors (Lipinski definition) is 1. The molecule has 1 N–H and O–H groups in total. The lowest BCUT2D eigenvalue weighted by molar-refractivity contribution is -0.135. The topological polar surface area (TPSA) is 50.8 Å². The molecule has 1 atom stereocenters. The van der Waals surface area contributed by atoms with Crippen molar-refractivity contribution in [1.82, 2.24) is 10.2 Å². The third-order valence-corrected chi connectivity index (χ3v) is 3.78. The Morgan fingerprint density at radius 3 is 3.00 bits per heavy atom. The van der Waals surface area contributed by atoms with Gasteiger partial charge in [0.1, 0.15) is 5.75 Å². The van der Waals surface area contributed by atoms with Gasteiger partial charge in [0.15, 0.2) is 5.60 Å². The lowest BCUT2D eigenvalue weighted by Crippen LogP contribution is -2.51. The summed E-state index contributed by atoms with van der Waals surface area (Å²) in [7, 11) is 2.05. The third kappa shape index (κ3) is 4.87. The molecule has 6 heteroatoms. The third-order valence-electron chi connectivity index (χ3n) is 3.55. The zero-order valence-corrected chi connectivity index (χ0v) is 14.0. The fourth-order valence-electron chi connectivity index (χ4n) is 2.28. The first-order chi connectivity index (χ1) is 10.4. The highest BCUT2D eigenvalue weighted by Crippen LogP contribution is 2.22. The van der Waals surface area contributed by atoms with Gasteiger partial charge >= 0.3 is 0 Å². The number of nitrogens with one attached hydrogen (secondary N) is 1. The summed E-state index contributed by atoms with van der Waals surface area (Å²) in [5, 5.41) is 3.48. The van der Waals surface area contributed by atoms with Crippen LogP contribution in [0.1, 0.15) is 13.8 Å². The highest BCUT2D eigenvalue weighted by atomic mass is 35.5. The Labute approximate surface area is 136 Å². The summed E-state index contributed by atoms with van der Waals surface area (Å²) >= 11 is 5.93. The van der Waals surface area contributed by atoms with Gasteiger partial charge in [-0.25, -0.2) is 0 Å². The minimum atomic E-state index is -0.981. The second-order valence-corrected chi connectivity index (χ2v) is 6.47. The van der Waals surface area contributed by atoms with Gasteiger partial charge in [-0.15, -0.1) is 0 Å². The Balaban J connectivity index is 1.87. The largest absolute Gasteiger partial charge is 0.478 e. The number of benzene rings is 1. The lowest BCUT2D eigenvalue weighted by Gasteiger charge is -2.31. The van der Waals surface area contributed by atoms with Crippen LogP contribution < -0.4 is 10.1 Å². The molecule has 5 nitrogen and oxygen atoms in total. The Hall–Kier alpha value is -1.30. The van der Waals surface area contributed by atoms with Gasteiger partial charge in [0.05, 0.1) is 12.7 Å². The second-order valence-electron chi connectivity index (χ2n) is 6.03. The van der Waals surface area contributed by atoms with Crippen LogP contribution in [-0.2, 0) is 9.53 Å². The van der Waals surface area contributed by atoms with Crippen LogP contribution in [0.25, 0.3) is 0 Å². The fourth-order valence-corrected chi connectivity index (χ4v) is 2.46. The first kappa shape index (κ1) is 17.1. The van der Waals surface area contributed by atoms with E-state index in [1.165, 1.54) is 0 Å². The molecule has 0 spiro atoms. The molecule has 1 fully saturated rings. The first-order valence-electron chi connectivity index (χ1n) is 7.40. The van der Waals surface area contributed by atoms with E-state index >= 15 is 0 Å². The Morgan fingerprint density at radius 1 is 1.55 bits per heavy atom. The quantitative estimate of drug-likeness (QED) is 0.898. The summed E-state index contributed by atoms with van der Waals surface area (Å²) in [5.41, 5.74) is -0.981. The molecule has 122 valence electrons. The molecule has 1 unspecified atom stereocenters. The van der Waals surface area contributed by atoms with Gasteiger partial charge in [-0.2, -0.15) is 0 Å². The van der Waals surface area contributed by atoms with E-state index in [1.807, 2.05) is 7.05 Å². The van der Waals surface area contributed by atoms with Crippen molar-refractivity contribution in [3.8, 4) is 5.75 Å². The smallest absolute Gasteiger partial charge is 0.263 e. The molecule has 0 saturated carbocycles. The summed E-state index contributed by atoms with van der Waals surface area (Å²) in [5.74, 6) is 0.394. The number of rotatable bonds is 5. The number of nitrogens with zero attached hydrogens (tertiary/aromatic N) is 1. The van der Waals surface area contributed by atoms with E-state index in [1.54, 1.807) is 38.1 Å². The number of morpholine rings is 1. The predicted octanol–water partition coefficient (Wildman–Crippen LogP) is 1.94. The molecular formula is C16H23ClN2O3. The summed E-state index contributed by atoms with van der Waals surface area (Å²) in [4.78, 5) is 14.5. The van der Waals surface area contributed by atoms with Gasteiger partial charge in [-0.3, -0.25) is 4.79 Å². The monoisotopic (exact) mass is 326 g/mol. The highest BCUT2D eigenvalue weighted by molar-refractivity contribution is 6.30. The number of hydrogen-bond acceptors (Lipinski definition) is 4. The van der Waals surface area contributed by atoms with E-state index < -0.39 is 5.60 Å². The number of ether oxygens (including phenoxy) is 2. The van der Waals surface area contributed by atoms with Crippen LogP contribution in [-0.4, -0.2) is 55.8 Å². The number of likely N-dealkylation sites (N-methyl/N-ethyl adjacent to an activating group) is 1. The number of carbonyl (C=O) groups is 1. The van der Waals surface area contributed by atoms with E-state index in [2.05, 4.69) is 10.2 Å². The number of amides is 1. The SMILES string of the molecule is CN1CCOC(CNC(=O)C(C)(C)Oc2cccc(Cl)c2)C1.